The summed E-state index contributed by atoms with van der Waals surface area (Å²) in [6.07, 6.45) is 2.61. The molecule has 2 aromatic rings. The molecule has 8 heteroatoms. The number of carbonyl (C=O) groups excluding carboxylic acids is 2. The van der Waals surface area contributed by atoms with Gasteiger partial charge in [-0.2, -0.15) is 0 Å². The summed E-state index contributed by atoms with van der Waals surface area (Å²) in [5.41, 5.74) is 1.46. The molecule has 35 heavy (non-hydrogen) atoms. The van der Waals surface area contributed by atoms with Crippen LogP contribution in [0.5, 0.6) is 0 Å². The molecular weight excluding hydrogens is 466 g/mol. The van der Waals surface area contributed by atoms with E-state index in [4.69, 9.17) is 21.1 Å². The Bertz CT molecular complexity index is 1010. The molecule has 7 nitrogen and oxygen atoms in total. The number of likely N-dealkylation sites (tertiary alicyclic amines) is 1. The van der Waals surface area contributed by atoms with E-state index in [1.807, 2.05) is 63.2 Å². The van der Waals surface area contributed by atoms with Crippen molar-refractivity contribution in [3.8, 4) is 0 Å². The fourth-order valence-electron chi connectivity index (χ4n) is 4.44. The first-order valence-corrected chi connectivity index (χ1v) is 12.6. The van der Waals surface area contributed by atoms with Gasteiger partial charge < -0.3 is 19.7 Å². The van der Waals surface area contributed by atoms with Gasteiger partial charge in [0.15, 0.2) is 0 Å². The predicted octanol–water partition coefficient (Wildman–Crippen LogP) is 6.06. The second kappa shape index (κ2) is 11.8. The lowest BCUT2D eigenvalue weighted by Crippen LogP contribution is -2.51. The molecule has 1 N–H and O–H groups in total. The molecule has 2 heterocycles. The highest BCUT2D eigenvalue weighted by Crippen LogP contribution is 2.30. The maximum absolute atomic E-state index is 12.9. The van der Waals surface area contributed by atoms with Gasteiger partial charge in [-0.05, 0) is 63.6 Å². The highest BCUT2D eigenvalue weighted by molar-refractivity contribution is 6.30. The molecular formula is C27H36ClN3O4. The molecule has 0 saturated carbocycles. The number of nitrogens with one attached hydrogen (secondary N) is 1. The monoisotopic (exact) mass is 501 g/mol. The van der Waals surface area contributed by atoms with E-state index in [1.165, 1.54) is 0 Å². The summed E-state index contributed by atoms with van der Waals surface area (Å²) in [5, 5.41) is 3.52. The fraction of sp³-hybridized carbons (Fsp3) is 0.519. The summed E-state index contributed by atoms with van der Waals surface area (Å²) in [6.45, 7) is 8.79. The molecule has 1 aliphatic rings. The zero-order chi connectivity index (χ0) is 25.5. The standard InChI is InChI=1S/C27H36ClN3O4/c1-5-14-26(3,4)35-25(33)31-17-16-27(19-31,15-13-22-12-11-20(2)29-23(22)28)30-24(32)34-18-21-9-7-6-8-10-21/h6-12H,5,13-19H2,1-4H3,(H,30,32)/t27-/m0/s1. The molecule has 1 aliphatic heterocycles. The van der Waals surface area contributed by atoms with Gasteiger partial charge in [0.2, 0.25) is 0 Å². The zero-order valence-electron chi connectivity index (χ0n) is 21.1. The number of hydrogen-bond acceptors (Lipinski definition) is 5. The van der Waals surface area contributed by atoms with Crippen molar-refractivity contribution in [3.05, 3.63) is 64.4 Å². The second-order valence-electron chi connectivity index (χ2n) is 9.92. The van der Waals surface area contributed by atoms with Gasteiger partial charge in [0.25, 0.3) is 0 Å². The van der Waals surface area contributed by atoms with Crippen LogP contribution >= 0.6 is 11.6 Å². The minimum absolute atomic E-state index is 0.174. The molecule has 0 bridgehead atoms. The van der Waals surface area contributed by atoms with E-state index in [0.29, 0.717) is 37.5 Å². The third kappa shape index (κ3) is 7.85. The van der Waals surface area contributed by atoms with Crippen molar-refractivity contribution in [1.29, 1.82) is 0 Å². The third-order valence-corrected chi connectivity index (χ3v) is 6.67. The highest BCUT2D eigenvalue weighted by Gasteiger charge is 2.43. The van der Waals surface area contributed by atoms with Gasteiger partial charge in [0, 0.05) is 18.8 Å². The van der Waals surface area contributed by atoms with Crippen molar-refractivity contribution in [1.82, 2.24) is 15.2 Å². The van der Waals surface area contributed by atoms with Crippen molar-refractivity contribution in [3.63, 3.8) is 0 Å². The van der Waals surface area contributed by atoms with Gasteiger partial charge in [-0.15, -0.1) is 0 Å². The average Bonchev–Trinajstić information content (AvgIpc) is 3.22. The van der Waals surface area contributed by atoms with Gasteiger partial charge in [0.1, 0.15) is 17.4 Å². The first-order chi connectivity index (χ1) is 16.6. The Morgan fingerprint density at radius 1 is 1.20 bits per heavy atom. The van der Waals surface area contributed by atoms with Crippen LogP contribution in [0.4, 0.5) is 9.59 Å². The summed E-state index contributed by atoms with van der Waals surface area (Å²) in [7, 11) is 0. The molecule has 2 amide bonds. The zero-order valence-corrected chi connectivity index (χ0v) is 21.9. The minimum Gasteiger partial charge on any atom is -0.445 e. The number of alkyl carbamates (subject to hydrolysis) is 1. The summed E-state index contributed by atoms with van der Waals surface area (Å²) < 4.78 is 11.3. The van der Waals surface area contributed by atoms with E-state index in [9.17, 15) is 9.59 Å². The summed E-state index contributed by atoms with van der Waals surface area (Å²) in [6, 6.07) is 13.4. The van der Waals surface area contributed by atoms with Crippen molar-refractivity contribution in [2.45, 2.75) is 77.5 Å². The van der Waals surface area contributed by atoms with Crippen molar-refractivity contribution in [2.75, 3.05) is 13.1 Å². The number of aromatic nitrogens is 1. The Morgan fingerprint density at radius 3 is 2.63 bits per heavy atom. The van der Waals surface area contributed by atoms with Crippen molar-refractivity contribution >= 4 is 23.8 Å². The number of halogens is 1. The Kier molecular flexibility index (Phi) is 9.00. The van der Waals surface area contributed by atoms with Crippen LogP contribution in [0.3, 0.4) is 0 Å². The van der Waals surface area contributed by atoms with Crippen molar-refractivity contribution in [2.24, 2.45) is 0 Å². The molecule has 1 aromatic carbocycles. The molecule has 0 spiro atoms. The van der Waals surface area contributed by atoms with Crippen molar-refractivity contribution < 1.29 is 19.1 Å². The van der Waals surface area contributed by atoms with Gasteiger partial charge in [0.05, 0.1) is 5.54 Å². The normalized spacial score (nSPS) is 17.8. The Morgan fingerprint density at radius 2 is 1.94 bits per heavy atom. The minimum atomic E-state index is -0.657. The number of carbonyl (C=O) groups is 2. The average molecular weight is 502 g/mol. The maximum atomic E-state index is 12.9. The van der Waals surface area contributed by atoms with Crippen LogP contribution in [0.25, 0.3) is 0 Å². The number of amides is 2. The van der Waals surface area contributed by atoms with Gasteiger partial charge >= 0.3 is 12.2 Å². The van der Waals surface area contributed by atoms with Crippen LogP contribution in [0, 0.1) is 6.92 Å². The highest BCUT2D eigenvalue weighted by atomic mass is 35.5. The molecule has 190 valence electrons. The first-order valence-electron chi connectivity index (χ1n) is 12.2. The smallest absolute Gasteiger partial charge is 0.410 e. The Labute approximate surface area is 213 Å². The summed E-state index contributed by atoms with van der Waals surface area (Å²) in [4.78, 5) is 31.7. The lowest BCUT2D eigenvalue weighted by Gasteiger charge is -2.32. The number of pyridine rings is 1. The molecule has 0 radical (unpaired) electrons. The topological polar surface area (TPSA) is 80.8 Å². The maximum Gasteiger partial charge on any atom is 0.410 e. The number of hydrogen-bond donors (Lipinski definition) is 1. The van der Waals surface area contributed by atoms with E-state index in [1.54, 1.807) is 4.90 Å². The van der Waals surface area contributed by atoms with Crippen LogP contribution in [0.1, 0.15) is 63.3 Å². The van der Waals surface area contributed by atoms with Gasteiger partial charge in [-0.1, -0.05) is 61.3 Å². The second-order valence-corrected chi connectivity index (χ2v) is 10.3. The molecule has 1 aromatic heterocycles. The quantitative estimate of drug-likeness (QED) is 0.422. The van der Waals surface area contributed by atoms with Crippen LogP contribution in [0.15, 0.2) is 42.5 Å². The number of rotatable bonds is 9. The van der Waals surface area contributed by atoms with Crippen LogP contribution in [-0.2, 0) is 22.5 Å². The number of nitrogens with zero attached hydrogens (tertiary/aromatic N) is 2. The number of benzene rings is 1. The lowest BCUT2D eigenvalue weighted by molar-refractivity contribution is 0.0105. The molecule has 1 saturated heterocycles. The van der Waals surface area contributed by atoms with E-state index >= 15 is 0 Å². The van der Waals surface area contributed by atoms with E-state index < -0.39 is 17.2 Å². The Hall–Kier alpha value is -2.80. The van der Waals surface area contributed by atoms with Crippen LogP contribution < -0.4 is 5.32 Å². The Balaban J connectivity index is 1.70. The van der Waals surface area contributed by atoms with Crippen LogP contribution in [-0.4, -0.2) is 46.3 Å². The molecule has 1 fully saturated rings. The SMILES string of the molecule is CCCC(C)(C)OC(=O)N1CC[C@](CCc2ccc(C)nc2Cl)(NC(=O)OCc2ccccc2)C1. The largest absolute Gasteiger partial charge is 0.445 e. The van der Waals surface area contributed by atoms with Gasteiger partial charge in [-0.25, -0.2) is 14.6 Å². The number of aryl methyl sites for hydroxylation is 2. The fourth-order valence-corrected chi connectivity index (χ4v) is 4.73. The summed E-state index contributed by atoms with van der Waals surface area (Å²) in [5.74, 6) is 0. The first kappa shape index (κ1) is 26.8. The van der Waals surface area contributed by atoms with Gasteiger partial charge in [-0.3, -0.25) is 0 Å². The lowest BCUT2D eigenvalue weighted by atomic mass is 9.90. The van der Waals surface area contributed by atoms with E-state index in [0.717, 1.165) is 29.7 Å². The van der Waals surface area contributed by atoms with E-state index in [2.05, 4.69) is 17.2 Å². The van der Waals surface area contributed by atoms with Crippen LogP contribution in [0.2, 0.25) is 5.15 Å². The van der Waals surface area contributed by atoms with E-state index in [-0.39, 0.29) is 12.7 Å². The summed E-state index contributed by atoms with van der Waals surface area (Å²) >= 11 is 6.36. The molecule has 0 unspecified atom stereocenters. The third-order valence-electron chi connectivity index (χ3n) is 6.35. The number of ether oxygens (including phenoxy) is 2. The molecule has 1 atom stereocenters. The predicted molar refractivity (Wildman–Crippen MR) is 136 cm³/mol. The molecule has 3 rings (SSSR count). The molecule has 0 aliphatic carbocycles.